The summed E-state index contributed by atoms with van der Waals surface area (Å²) < 4.78 is 27.6. The SMILES string of the molecule is Cc1cc(-c2nccn2-c2c(C)nn(C3CCS(=O)(=O)C3)c2C)ccc1O. The van der Waals surface area contributed by atoms with E-state index in [2.05, 4.69) is 10.1 Å². The van der Waals surface area contributed by atoms with Crippen LogP contribution in [0.1, 0.15) is 29.4 Å². The summed E-state index contributed by atoms with van der Waals surface area (Å²) in [6.07, 6.45) is 4.20. The van der Waals surface area contributed by atoms with Gasteiger partial charge >= 0.3 is 0 Å². The van der Waals surface area contributed by atoms with E-state index in [4.69, 9.17) is 0 Å². The maximum absolute atomic E-state index is 11.9. The fraction of sp³-hybridized carbons (Fsp3) is 0.368. The molecule has 2 aromatic heterocycles. The summed E-state index contributed by atoms with van der Waals surface area (Å²) in [5.41, 5.74) is 4.33. The molecule has 4 rings (SSSR count). The fourth-order valence-electron chi connectivity index (χ4n) is 3.82. The molecule has 1 saturated heterocycles. The molecule has 1 aliphatic rings. The van der Waals surface area contributed by atoms with Gasteiger partial charge in [-0.05, 0) is 51.0 Å². The summed E-state index contributed by atoms with van der Waals surface area (Å²) in [5, 5.41) is 14.4. The molecule has 1 aromatic carbocycles. The largest absolute Gasteiger partial charge is 0.508 e. The molecule has 7 nitrogen and oxygen atoms in total. The quantitative estimate of drug-likeness (QED) is 0.747. The van der Waals surface area contributed by atoms with E-state index in [-0.39, 0.29) is 23.3 Å². The Morgan fingerprint density at radius 1 is 1.22 bits per heavy atom. The number of nitrogens with zero attached hydrogens (tertiary/aromatic N) is 4. The number of aromatic nitrogens is 4. The van der Waals surface area contributed by atoms with Gasteiger partial charge in [-0.25, -0.2) is 13.4 Å². The van der Waals surface area contributed by atoms with Crippen LogP contribution in [0.2, 0.25) is 0 Å². The van der Waals surface area contributed by atoms with Crippen molar-refractivity contribution in [3.8, 4) is 22.8 Å². The second-order valence-electron chi connectivity index (χ2n) is 7.14. The van der Waals surface area contributed by atoms with Gasteiger partial charge in [0.05, 0.1) is 34.6 Å². The van der Waals surface area contributed by atoms with Crippen molar-refractivity contribution in [2.24, 2.45) is 0 Å². The van der Waals surface area contributed by atoms with Crippen molar-refractivity contribution >= 4 is 9.84 Å². The molecule has 0 aliphatic carbocycles. The number of phenolic OH excluding ortho intramolecular Hbond substituents is 1. The molecule has 27 heavy (non-hydrogen) atoms. The Labute approximate surface area is 158 Å². The smallest absolute Gasteiger partial charge is 0.152 e. The van der Waals surface area contributed by atoms with E-state index >= 15 is 0 Å². The minimum Gasteiger partial charge on any atom is -0.508 e. The van der Waals surface area contributed by atoms with Crippen LogP contribution in [0.25, 0.3) is 17.1 Å². The third-order valence-corrected chi connectivity index (χ3v) is 6.93. The topological polar surface area (TPSA) is 90.0 Å². The van der Waals surface area contributed by atoms with Crippen molar-refractivity contribution in [3.05, 3.63) is 47.5 Å². The van der Waals surface area contributed by atoms with Crippen LogP contribution >= 0.6 is 0 Å². The van der Waals surface area contributed by atoms with Gasteiger partial charge in [0, 0.05) is 18.0 Å². The Balaban J connectivity index is 1.80. The zero-order valence-corrected chi connectivity index (χ0v) is 16.4. The maximum atomic E-state index is 11.9. The lowest BCUT2D eigenvalue weighted by molar-refractivity contribution is 0.471. The fourth-order valence-corrected chi connectivity index (χ4v) is 5.51. The molecule has 0 spiro atoms. The second-order valence-corrected chi connectivity index (χ2v) is 9.37. The highest BCUT2D eigenvalue weighted by atomic mass is 32.2. The highest BCUT2D eigenvalue weighted by Crippen LogP contribution is 2.31. The normalized spacial score (nSPS) is 18.9. The first kappa shape index (κ1) is 17.8. The average Bonchev–Trinajstić information content (AvgIpc) is 3.28. The van der Waals surface area contributed by atoms with Gasteiger partial charge in [0.15, 0.2) is 9.84 Å². The van der Waals surface area contributed by atoms with Gasteiger partial charge in [-0.15, -0.1) is 0 Å². The van der Waals surface area contributed by atoms with E-state index in [0.717, 1.165) is 34.0 Å². The summed E-state index contributed by atoms with van der Waals surface area (Å²) in [6.45, 7) is 5.74. The molecule has 1 fully saturated rings. The monoisotopic (exact) mass is 386 g/mol. The number of aromatic hydroxyl groups is 1. The van der Waals surface area contributed by atoms with Crippen molar-refractivity contribution in [1.82, 2.24) is 19.3 Å². The van der Waals surface area contributed by atoms with E-state index in [9.17, 15) is 13.5 Å². The number of hydrogen-bond acceptors (Lipinski definition) is 5. The van der Waals surface area contributed by atoms with Gasteiger partial charge in [0.2, 0.25) is 0 Å². The Morgan fingerprint density at radius 2 is 2.00 bits per heavy atom. The van der Waals surface area contributed by atoms with Gasteiger partial charge < -0.3 is 5.11 Å². The van der Waals surface area contributed by atoms with Gasteiger partial charge in [0.25, 0.3) is 0 Å². The minimum atomic E-state index is -2.98. The molecular formula is C19H22N4O3S. The summed E-state index contributed by atoms with van der Waals surface area (Å²) in [5.74, 6) is 1.36. The molecule has 0 amide bonds. The zero-order chi connectivity index (χ0) is 19.3. The van der Waals surface area contributed by atoms with Gasteiger partial charge in [-0.2, -0.15) is 5.10 Å². The molecule has 142 valence electrons. The van der Waals surface area contributed by atoms with Crippen molar-refractivity contribution in [1.29, 1.82) is 0 Å². The van der Waals surface area contributed by atoms with E-state index in [1.807, 2.05) is 48.3 Å². The first-order valence-electron chi connectivity index (χ1n) is 8.86. The number of sulfone groups is 1. The number of hydrogen-bond donors (Lipinski definition) is 1. The molecule has 3 aromatic rings. The maximum Gasteiger partial charge on any atom is 0.152 e. The van der Waals surface area contributed by atoms with Crippen LogP contribution in [-0.4, -0.2) is 44.4 Å². The van der Waals surface area contributed by atoms with Crippen LogP contribution in [0.4, 0.5) is 0 Å². The Morgan fingerprint density at radius 3 is 2.67 bits per heavy atom. The summed E-state index contributed by atoms with van der Waals surface area (Å²) in [7, 11) is -2.98. The van der Waals surface area contributed by atoms with Crippen molar-refractivity contribution in [2.75, 3.05) is 11.5 Å². The van der Waals surface area contributed by atoms with Crippen LogP contribution in [0.5, 0.6) is 5.75 Å². The van der Waals surface area contributed by atoms with E-state index in [0.29, 0.717) is 6.42 Å². The van der Waals surface area contributed by atoms with Crippen LogP contribution in [0, 0.1) is 20.8 Å². The molecular weight excluding hydrogens is 364 g/mol. The molecule has 0 radical (unpaired) electrons. The standard InChI is InChI=1S/C19H22N4O3S/c1-12-10-15(4-5-17(12)24)19-20-7-8-22(19)18-13(2)21-23(14(18)3)16-6-9-27(25,26)11-16/h4-5,7-8,10,16,24H,6,9,11H2,1-3H3. The Kier molecular flexibility index (Phi) is 4.10. The molecule has 1 N–H and O–H groups in total. The average molecular weight is 386 g/mol. The highest BCUT2D eigenvalue weighted by Gasteiger charge is 2.32. The third-order valence-electron chi connectivity index (χ3n) is 5.18. The molecule has 0 bridgehead atoms. The predicted molar refractivity (Wildman–Crippen MR) is 103 cm³/mol. The molecule has 0 saturated carbocycles. The molecule has 1 aliphatic heterocycles. The number of phenols is 1. The molecule has 1 atom stereocenters. The predicted octanol–water partition coefficient (Wildman–Crippen LogP) is 2.73. The van der Waals surface area contributed by atoms with Crippen LogP contribution < -0.4 is 0 Å². The lowest BCUT2D eigenvalue weighted by atomic mass is 10.1. The second kappa shape index (κ2) is 6.23. The van der Waals surface area contributed by atoms with Crippen molar-refractivity contribution in [3.63, 3.8) is 0 Å². The number of rotatable bonds is 3. The number of imidazole rings is 1. The van der Waals surface area contributed by atoms with Crippen molar-refractivity contribution < 1.29 is 13.5 Å². The van der Waals surface area contributed by atoms with Crippen LogP contribution in [0.3, 0.4) is 0 Å². The lowest BCUT2D eigenvalue weighted by Gasteiger charge is -2.13. The van der Waals surface area contributed by atoms with Gasteiger partial charge in [0.1, 0.15) is 11.6 Å². The van der Waals surface area contributed by atoms with Crippen LogP contribution in [-0.2, 0) is 9.84 Å². The minimum absolute atomic E-state index is 0.120. The van der Waals surface area contributed by atoms with Gasteiger partial charge in [-0.3, -0.25) is 9.25 Å². The third kappa shape index (κ3) is 3.03. The zero-order valence-electron chi connectivity index (χ0n) is 15.5. The van der Waals surface area contributed by atoms with Crippen molar-refractivity contribution in [2.45, 2.75) is 33.2 Å². The summed E-state index contributed by atoms with van der Waals surface area (Å²) in [6, 6.07) is 5.27. The Hall–Kier alpha value is -2.61. The summed E-state index contributed by atoms with van der Waals surface area (Å²) >= 11 is 0. The van der Waals surface area contributed by atoms with E-state index in [1.165, 1.54) is 0 Å². The highest BCUT2D eigenvalue weighted by molar-refractivity contribution is 7.91. The first-order valence-corrected chi connectivity index (χ1v) is 10.7. The molecule has 3 heterocycles. The van der Waals surface area contributed by atoms with E-state index in [1.54, 1.807) is 12.3 Å². The lowest BCUT2D eigenvalue weighted by Crippen LogP contribution is -2.14. The van der Waals surface area contributed by atoms with Crippen LogP contribution in [0.15, 0.2) is 30.6 Å². The van der Waals surface area contributed by atoms with E-state index < -0.39 is 9.84 Å². The Bertz CT molecular complexity index is 1130. The molecule has 1 unspecified atom stereocenters. The summed E-state index contributed by atoms with van der Waals surface area (Å²) in [4.78, 5) is 4.49. The molecule has 8 heteroatoms. The van der Waals surface area contributed by atoms with Gasteiger partial charge in [-0.1, -0.05) is 0 Å². The first-order chi connectivity index (χ1) is 12.8. The number of aryl methyl sites for hydroxylation is 2. The number of benzene rings is 1.